The summed E-state index contributed by atoms with van der Waals surface area (Å²) in [4.78, 5) is 18.5. The number of rotatable bonds is 1. The van der Waals surface area contributed by atoms with Crippen LogP contribution < -0.4 is 4.74 Å². The van der Waals surface area contributed by atoms with Crippen molar-refractivity contribution in [2.24, 2.45) is 0 Å². The Balaban J connectivity index is 1.85. The van der Waals surface area contributed by atoms with Crippen molar-refractivity contribution in [2.75, 3.05) is 0 Å². The summed E-state index contributed by atoms with van der Waals surface area (Å²) in [6, 6.07) is 20.3. The molecule has 2 heterocycles. The molecule has 0 saturated heterocycles. The molecule has 0 radical (unpaired) electrons. The maximum atomic E-state index is 11.3. The van der Waals surface area contributed by atoms with Crippen LogP contribution in [0.1, 0.15) is 6.92 Å². The van der Waals surface area contributed by atoms with Crippen LogP contribution in [0, 0.1) is 0 Å². The molecule has 0 spiro atoms. The number of benzene rings is 3. The number of para-hydroxylation sites is 1. The Morgan fingerprint density at radius 2 is 1.80 bits per heavy atom. The topological polar surface area (TPSA) is 39.2 Å². The Hall–Kier alpha value is -2.85. The lowest BCUT2D eigenvalue weighted by Gasteiger charge is -2.21. The minimum Gasteiger partial charge on any atom is -0.427 e. The first-order valence-corrected chi connectivity index (χ1v) is 8.84. The van der Waals surface area contributed by atoms with Crippen LogP contribution in [0.15, 0.2) is 70.5 Å². The summed E-state index contributed by atoms with van der Waals surface area (Å²) in [5, 5.41) is 2.33. The Bertz CT molecular complexity index is 1180. The fourth-order valence-corrected chi connectivity index (χ4v) is 4.61. The average molecular weight is 343 g/mol. The van der Waals surface area contributed by atoms with Crippen LogP contribution in [0.25, 0.3) is 32.9 Å². The van der Waals surface area contributed by atoms with Crippen LogP contribution >= 0.6 is 11.8 Å². The zero-order chi connectivity index (χ0) is 17.0. The SMILES string of the molecule is CC(=O)Oc1ccc2c(c1)-c1cccc3nc4ccccc4c(c13)S2. The quantitative estimate of drug-likeness (QED) is 0.231. The van der Waals surface area contributed by atoms with Crippen molar-refractivity contribution in [3.05, 3.63) is 60.7 Å². The van der Waals surface area contributed by atoms with Crippen LogP contribution in [0.5, 0.6) is 5.75 Å². The fourth-order valence-electron chi connectivity index (χ4n) is 3.38. The third kappa shape index (κ3) is 2.22. The largest absolute Gasteiger partial charge is 0.427 e. The summed E-state index contributed by atoms with van der Waals surface area (Å²) in [6.07, 6.45) is 0. The molecule has 0 N–H and O–H groups in total. The highest BCUT2D eigenvalue weighted by atomic mass is 32.2. The van der Waals surface area contributed by atoms with E-state index in [1.807, 2.05) is 30.3 Å². The van der Waals surface area contributed by atoms with Crippen molar-refractivity contribution in [1.82, 2.24) is 4.98 Å². The highest BCUT2D eigenvalue weighted by Gasteiger charge is 2.22. The van der Waals surface area contributed by atoms with Gasteiger partial charge in [0, 0.05) is 33.1 Å². The second-order valence-corrected chi connectivity index (χ2v) is 7.06. The maximum absolute atomic E-state index is 11.3. The lowest BCUT2D eigenvalue weighted by atomic mass is 9.98. The van der Waals surface area contributed by atoms with Gasteiger partial charge >= 0.3 is 5.97 Å². The molecule has 3 aromatic carbocycles. The lowest BCUT2D eigenvalue weighted by molar-refractivity contribution is -0.131. The van der Waals surface area contributed by atoms with Crippen molar-refractivity contribution < 1.29 is 9.53 Å². The number of esters is 1. The number of carbonyl (C=O) groups excluding carboxylic acids is 1. The normalized spacial score (nSPS) is 12.2. The fraction of sp³-hybridized carbons (Fsp3) is 0.0476. The Kier molecular flexibility index (Phi) is 3.09. The van der Waals surface area contributed by atoms with Crippen LogP contribution in [0.4, 0.5) is 0 Å². The van der Waals surface area contributed by atoms with Crippen LogP contribution in [-0.4, -0.2) is 11.0 Å². The third-order valence-corrected chi connectivity index (χ3v) is 5.58. The second kappa shape index (κ2) is 5.33. The highest BCUT2D eigenvalue weighted by Crippen LogP contribution is 2.50. The summed E-state index contributed by atoms with van der Waals surface area (Å²) >= 11 is 1.75. The van der Waals surface area contributed by atoms with Gasteiger partial charge in [0.15, 0.2) is 0 Å². The van der Waals surface area contributed by atoms with Gasteiger partial charge in [-0.3, -0.25) is 4.79 Å². The van der Waals surface area contributed by atoms with Gasteiger partial charge in [-0.2, -0.15) is 0 Å². The zero-order valence-corrected chi connectivity index (χ0v) is 14.3. The summed E-state index contributed by atoms with van der Waals surface area (Å²) in [5.74, 6) is 0.260. The first kappa shape index (κ1) is 14.5. The smallest absolute Gasteiger partial charge is 0.308 e. The van der Waals surface area contributed by atoms with Gasteiger partial charge in [-0.05, 0) is 35.9 Å². The van der Waals surface area contributed by atoms with Gasteiger partial charge in [-0.1, -0.05) is 42.1 Å². The number of hydrogen-bond donors (Lipinski definition) is 0. The molecule has 0 saturated carbocycles. The van der Waals surface area contributed by atoms with Crippen molar-refractivity contribution in [1.29, 1.82) is 0 Å². The summed E-state index contributed by atoms with van der Waals surface area (Å²) < 4.78 is 5.27. The zero-order valence-electron chi connectivity index (χ0n) is 13.4. The molecule has 4 heteroatoms. The Labute approximate surface area is 148 Å². The monoisotopic (exact) mass is 343 g/mol. The number of ether oxygens (including phenoxy) is 1. The molecule has 0 aliphatic carbocycles. The minimum absolute atomic E-state index is 0.310. The molecular weight excluding hydrogens is 330 g/mol. The average Bonchev–Trinajstić information content (AvgIpc) is 2.62. The van der Waals surface area contributed by atoms with E-state index < -0.39 is 0 Å². The van der Waals surface area contributed by atoms with E-state index in [0.717, 1.165) is 27.1 Å². The number of nitrogens with zero attached hydrogens (tertiary/aromatic N) is 1. The van der Waals surface area contributed by atoms with Crippen molar-refractivity contribution in [3.8, 4) is 16.9 Å². The van der Waals surface area contributed by atoms with Gasteiger partial charge in [0.25, 0.3) is 0 Å². The molecule has 1 aromatic heterocycles. The Morgan fingerprint density at radius 1 is 0.960 bits per heavy atom. The standard InChI is InChI=1S/C21H13NO2S/c1-12(23)24-13-9-10-19-16(11-13)14-6-4-8-18-20(14)21(25-19)15-5-2-3-7-17(15)22-18/h2-11H,1H3. The summed E-state index contributed by atoms with van der Waals surface area (Å²) in [7, 11) is 0. The van der Waals surface area contributed by atoms with E-state index >= 15 is 0 Å². The number of carbonyl (C=O) groups is 1. The molecule has 120 valence electrons. The number of aromatic nitrogens is 1. The van der Waals surface area contributed by atoms with Crippen LogP contribution in [0.3, 0.4) is 0 Å². The highest BCUT2D eigenvalue weighted by molar-refractivity contribution is 8.00. The van der Waals surface area contributed by atoms with E-state index in [0.29, 0.717) is 5.75 Å². The molecule has 0 amide bonds. The van der Waals surface area contributed by atoms with E-state index in [4.69, 9.17) is 9.72 Å². The minimum atomic E-state index is -0.310. The molecule has 4 aromatic rings. The van der Waals surface area contributed by atoms with Crippen molar-refractivity contribution in [3.63, 3.8) is 0 Å². The molecule has 25 heavy (non-hydrogen) atoms. The van der Waals surface area contributed by atoms with E-state index in [2.05, 4.69) is 30.3 Å². The summed E-state index contributed by atoms with van der Waals surface area (Å²) in [5.41, 5.74) is 4.21. The molecule has 1 aliphatic heterocycles. The van der Waals surface area contributed by atoms with Gasteiger partial charge in [0.2, 0.25) is 0 Å². The predicted octanol–water partition coefficient (Wildman–Crippen LogP) is 5.44. The van der Waals surface area contributed by atoms with E-state index in [1.54, 1.807) is 11.8 Å². The molecular formula is C21H13NO2S. The molecule has 3 nitrogen and oxygen atoms in total. The predicted molar refractivity (Wildman–Crippen MR) is 100 cm³/mol. The molecule has 0 atom stereocenters. The van der Waals surface area contributed by atoms with Gasteiger partial charge < -0.3 is 4.74 Å². The summed E-state index contributed by atoms with van der Waals surface area (Å²) in [6.45, 7) is 1.42. The van der Waals surface area contributed by atoms with Gasteiger partial charge in [-0.15, -0.1) is 0 Å². The van der Waals surface area contributed by atoms with E-state index in [9.17, 15) is 4.79 Å². The first-order valence-electron chi connectivity index (χ1n) is 8.03. The van der Waals surface area contributed by atoms with Crippen LogP contribution in [-0.2, 0) is 4.79 Å². The lowest BCUT2D eigenvalue weighted by Crippen LogP contribution is -2.02. The molecule has 0 fully saturated rings. The van der Waals surface area contributed by atoms with Gasteiger partial charge in [-0.25, -0.2) is 4.98 Å². The molecule has 5 rings (SSSR count). The van der Waals surface area contributed by atoms with E-state index in [-0.39, 0.29) is 5.97 Å². The van der Waals surface area contributed by atoms with Crippen molar-refractivity contribution in [2.45, 2.75) is 16.7 Å². The molecule has 0 unspecified atom stereocenters. The van der Waals surface area contributed by atoms with Crippen LogP contribution in [0.2, 0.25) is 0 Å². The Morgan fingerprint density at radius 3 is 2.68 bits per heavy atom. The second-order valence-electron chi connectivity index (χ2n) is 6.01. The molecule has 1 aliphatic rings. The number of pyridine rings is 1. The van der Waals surface area contributed by atoms with Gasteiger partial charge in [0.1, 0.15) is 5.75 Å². The maximum Gasteiger partial charge on any atom is 0.308 e. The number of fused-ring (bicyclic) bond motifs is 4. The van der Waals surface area contributed by atoms with Gasteiger partial charge in [0.05, 0.1) is 11.0 Å². The third-order valence-electron chi connectivity index (χ3n) is 4.37. The van der Waals surface area contributed by atoms with E-state index in [1.165, 1.54) is 22.6 Å². The molecule has 0 bridgehead atoms. The van der Waals surface area contributed by atoms with Crippen molar-refractivity contribution >= 4 is 39.5 Å². The first-order chi connectivity index (χ1) is 12.2. The number of hydrogen-bond acceptors (Lipinski definition) is 4.